The van der Waals surface area contributed by atoms with Gasteiger partial charge >= 0.3 is 0 Å². The highest BCUT2D eigenvalue weighted by molar-refractivity contribution is 7.99. The predicted octanol–water partition coefficient (Wildman–Crippen LogP) is 4.18. The summed E-state index contributed by atoms with van der Waals surface area (Å²) in [6, 6.07) is 5.37. The van der Waals surface area contributed by atoms with Gasteiger partial charge in [0.1, 0.15) is 0 Å². The van der Waals surface area contributed by atoms with Crippen molar-refractivity contribution in [3.63, 3.8) is 0 Å². The molecule has 0 fully saturated rings. The minimum Gasteiger partial charge on any atom is -0.490 e. The number of aromatic nitrogens is 2. The molecule has 0 atom stereocenters. The predicted molar refractivity (Wildman–Crippen MR) is 116 cm³/mol. The summed E-state index contributed by atoms with van der Waals surface area (Å²) in [6.45, 7) is 8.71. The maximum absolute atomic E-state index is 12.0. The van der Waals surface area contributed by atoms with E-state index in [9.17, 15) is 4.79 Å². The maximum Gasteiger partial charge on any atom is 0.250 e. The summed E-state index contributed by atoms with van der Waals surface area (Å²) in [4.78, 5) is 20.6. The van der Waals surface area contributed by atoms with E-state index < -0.39 is 0 Å². The number of hydrogen-bond acceptors (Lipinski definition) is 7. The summed E-state index contributed by atoms with van der Waals surface area (Å²) >= 11 is 7.58. The summed E-state index contributed by atoms with van der Waals surface area (Å²) in [7, 11) is 0. The molecule has 0 bridgehead atoms. The molecule has 1 N–H and O–H groups in total. The van der Waals surface area contributed by atoms with Gasteiger partial charge in [-0.1, -0.05) is 30.3 Å². The fourth-order valence-electron chi connectivity index (χ4n) is 2.37. The molecule has 1 amide bonds. The fourth-order valence-corrected chi connectivity index (χ4v) is 3.38. The van der Waals surface area contributed by atoms with Crippen molar-refractivity contribution in [3.05, 3.63) is 40.2 Å². The minimum absolute atomic E-state index is 0.162. The number of ether oxygens (including phenoxy) is 2. The second-order valence-electron chi connectivity index (χ2n) is 6.13. The number of benzene rings is 1. The number of nitrogens with zero attached hydrogens (tertiary/aromatic N) is 3. The SMILES string of the molecule is CCCOc1c(Cl)cc(/C=N/NC(=O)CSc2nc(C)cc(C)n2)cc1OCC. The first kappa shape index (κ1) is 23.0. The van der Waals surface area contributed by atoms with Gasteiger partial charge in [0.15, 0.2) is 16.7 Å². The molecule has 7 nitrogen and oxygen atoms in total. The normalized spacial score (nSPS) is 10.9. The van der Waals surface area contributed by atoms with Crippen LogP contribution in [-0.4, -0.2) is 41.1 Å². The molecular weight excluding hydrogens is 412 g/mol. The van der Waals surface area contributed by atoms with Crippen LogP contribution in [-0.2, 0) is 4.79 Å². The molecule has 0 aliphatic rings. The van der Waals surface area contributed by atoms with Gasteiger partial charge in [-0.25, -0.2) is 15.4 Å². The molecule has 0 radical (unpaired) electrons. The third kappa shape index (κ3) is 7.55. The van der Waals surface area contributed by atoms with E-state index in [0.717, 1.165) is 17.8 Å². The summed E-state index contributed by atoms with van der Waals surface area (Å²) in [5.74, 6) is 0.966. The van der Waals surface area contributed by atoms with Crippen molar-refractivity contribution in [2.75, 3.05) is 19.0 Å². The zero-order chi connectivity index (χ0) is 21.2. The summed E-state index contributed by atoms with van der Waals surface area (Å²) < 4.78 is 11.3. The molecule has 0 unspecified atom stereocenters. The Morgan fingerprint density at radius 1 is 1.21 bits per heavy atom. The Kier molecular flexibility index (Phi) is 9.21. The van der Waals surface area contributed by atoms with Crippen LogP contribution in [0.25, 0.3) is 0 Å². The molecule has 0 saturated heterocycles. The number of halogens is 1. The molecule has 29 heavy (non-hydrogen) atoms. The highest BCUT2D eigenvalue weighted by Gasteiger charge is 2.12. The molecule has 2 aromatic rings. The number of hydrogen-bond donors (Lipinski definition) is 1. The molecule has 1 aromatic heterocycles. The average molecular weight is 437 g/mol. The smallest absolute Gasteiger partial charge is 0.250 e. The van der Waals surface area contributed by atoms with Gasteiger partial charge < -0.3 is 9.47 Å². The molecule has 156 valence electrons. The van der Waals surface area contributed by atoms with E-state index in [4.69, 9.17) is 21.1 Å². The third-order valence-electron chi connectivity index (χ3n) is 3.48. The first-order valence-corrected chi connectivity index (χ1v) is 10.6. The molecule has 1 aromatic carbocycles. The maximum atomic E-state index is 12.0. The van der Waals surface area contributed by atoms with Gasteiger partial charge in [0.05, 0.1) is 30.2 Å². The van der Waals surface area contributed by atoms with Crippen molar-refractivity contribution in [2.45, 2.75) is 39.3 Å². The lowest BCUT2D eigenvalue weighted by Gasteiger charge is -2.13. The second kappa shape index (κ2) is 11.6. The van der Waals surface area contributed by atoms with E-state index >= 15 is 0 Å². The highest BCUT2D eigenvalue weighted by Crippen LogP contribution is 2.36. The molecule has 0 aliphatic carbocycles. The summed E-state index contributed by atoms with van der Waals surface area (Å²) in [6.07, 6.45) is 2.37. The fraction of sp³-hybridized carbons (Fsp3) is 0.400. The Bertz CT molecular complexity index is 857. The Morgan fingerprint density at radius 3 is 2.59 bits per heavy atom. The van der Waals surface area contributed by atoms with Crippen LogP contribution >= 0.6 is 23.4 Å². The van der Waals surface area contributed by atoms with E-state index in [2.05, 4.69) is 20.5 Å². The van der Waals surface area contributed by atoms with Crippen molar-refractivity contribution < 1.29 is 14.3 Å². The number of hydrazone groups is 1. The van der Waals surface area contributed by atoms with Crippen LogP contribution in [0.4, 0.5) is 0 Å². The third-order valence-corrected chi connectivity index (χ3v) is 4.61. The van der Waals surface area contributed by atoms with Crippen LogP contribution in [0.15, 0.2) is 28.5 Å². The van der Waals surface area contributed by atoms with Crippen LogP contribution in [0.1, 0.15) is 37.2 Å². The van der Waals surface area contributed by atoms with Gasteiger partial charge in [-0.15, -0.1) is 0 Å². The Morgan fingerprint density at radius 2 is 1.93 bits per heavy atom. The van der Waals surface area contributed by atoms with Crippen LogP contribution in [0.3, 0.4) is 0 Å². The van der Waals surface area contributed by atoms with Gasteiger partial charge in [0.2, 0.25) is 0 Å². The van der Waals surface area contributed by atoms with Crippen LogP contribution in [0.5, 0.6) is 11.5 Å². The molecule has 2 rings (SSSR count). The van der Waals surface area contributed by atoms with Crippen molar-refractivity contribution in [1.82, 2.24) is 15.4 Å². The number of nitrogens with one attached hydrogen (secondary N) is 1. The van der Waals surface area contributed by atoms with E-state index in [1.54, 1.807) is 12.1 Å². The second-order valence-corrected chi connectivity index (χ2v) is 7.48. The number of thioether (sulfide) groups is 1. The molecule has 0 spiro atoms. The first-order valence-electron chi connectivity index (χ1n) is 9.29. The van der Waals surface area contributed by atoms with Crippen LogP contribution in [0, 0.1) is 13.8 Å². The topological polar surface area (TPSA) is 85.7 Å². The average Bonchev–Trinajstić information content (AvgIpc) is 2.65. The Labute approximate surface area is 180 Å². The molecule has 0 aliphatic heterocycles. The monoisotopic (exact) mass is 436 g/mol. The number of carbonyl (C=O) groups excluding carboxylic acids is 1. The highest BCUT2D eigenvalue weighted by atomic mass is 35.5. The van der Waals surface area contributed by atoms with Crippen molar-refractivity contribution in [3.8, 4) is 11.5 Å². The molecule has 1 heterocycles. The number of rotatable bonds is 10. The molecule has 0 saturated carbocycles. The van der Waals surface area contributed by atoms with E-state index in [1.807, 2.05) is 33.8 Å². The van der Waals surface area contributed by atoms with Gasteiger partial charge in [-0.3, -0.25) is 4.79 Å². The van der Waals surface area contributed by atoms with E-state index in [1.165, 1.54) is 18.0 Å². The van der Waals surface area contributed by atoms with Gasteiger partial charge in [0.25, 0.3) is 5.91 Å². The largest absolute Gasteiger partial charge is 0.490 e. The molecular formula is C20H25ClN4O3S. The zero-order valence-corrected chi connectivity index (χ0v) is 18.6. The Balaban J connectivity index is 1.97. The number of amides is 1. The molecule has 9 heteroatoms. The quantitative estimate of drug-likeness (QED) is 0.260. The number of carbonyl (C=O) groups is 1. The summed E-state index contributed by atoms with van der Waals surface area (Å²) in [5.41, 5.74) is 4.91. The van der Waals surface area contributed by atoms with Crippen molar-refractivity contribution in [2.24, 2.45) is 5.10 Å². The van der Waals surface area contributed by atoms with E-state index in [-0.39, 0.29) is 11.7 Å². The lowest BCUT2D eigenvalue weighted by atomic mass is 10.2. The van der Waals surface area contributed by atoms with Gasteiger partial charge in [-0.05, 0) is 51.0 Å². The van der Waals surface area contributed by atoms with Gasteiger partial charge in [0, 0.05) is 11.4 Å². The number of aryl methyl sites for hydroxylation is 2. The van der Waals surface area contributed by atoms with Crippen molar-refractivity contribution >= 4 is 35.5 Å². The zero-order valence-electron chi connectivity index (χ0n) is 17.0. The standard InChI is InChI=1S/C20H25ClN4O3S/c1-5-7-28-19-16(21)9-15(10-17(19)27-6-2)11-22-25-18(26)12-29-20-23-13(3)8-14(4)24-20/h8-11H,5-7,12H2,1-4H3,(H,25,26)/b22-11+. The van der Waals surface area contributed by atoms with Gasteiger partial charge in [-0.2, -0.15) is 5.10 Å². The van der Waals surface area contributed by atoms with Crippen LogP contribution in [0.2, 0.25) is 5.02 Å². The Hall–Kier alpha value is -2.32. The first-order chi connectivity index (χ1) is 13.9. The summed E-state index contributed by atoms with van der Waals surface area (Å²) in [5, 5.41) is 4.99. The lowest BCUT2D eigenvalue weighted by molar-refractivity contribution is -0.118. The van der Waals surface area contributed by atoms with Crippen molar-refractivity contribution in [1.29, 1.82) is 0 Å². The lowest BCUT2D eigenvalue weighted by Crippen LogP contribution is -2.19. The minimum atomic E-state index is -0.256. The van der Waals surface area contributed by atoms with Crippen LogP contribution < -0.4 is 14.9 Å². The van der Waals surface area contributed by atoms with E-state index in [0.29, 0.717) is 40.5 Å².